The van der Waals surface area contributed by atoms with Crippen molar-refractivity contribution in [2.24, 2.45) is 5.41 Å². The maximum absolute atomic E-state index is 13.3. The standard InChI is InChI=1S/C22H27FN4S/c1-16-25-27(21(28)26(16)14-17-8-6-5-7-9-17)15-24-20(22(2,3)4)18-10-12-19(23)13-11-18/h5-13,20,24H,14-15H2,1-4H3. The van der Waals surface area contributed by atoms with Gasteiger partial charge < -0.3 is 0 Å². The van der Waals surface area contributed by atoms with Gasteiger partial charge in [0.05, 0.1) is 13.2 Å². The normalized spacial score (nSPS) is 12.9. The van der Waals surface area contributed by atoms with Crippen molar-refractivity contribution in [3.05, 3.63) is 82.1 Å². The molecule has 0 amide bonds. The summed E-state index contributed by atoms with van der Waals surface area (Å²) in [6.45, 7) is 9.63. The molecule has 0 radical (unpaired) electrons. The Kier molecular flexibility index (Phi) is 6.10. The third-order valence-corrected chi connectivity index (χ3v) is 5.24. The molecule has 3 rings (SSSR count). The van der Waals surface area contributed by atoms with Crippen molar-refractivity contribution >= 4 is 12.2 Å². The minimum Gasteiger partial charge on any atom is -0.300 e. The van der Waals surface area contributed by atoms with Crippen LogP contribution in [0.25, 0.3) is 0 Å². The molecular weight excluding hydrogens is 371 g/mol. The van der Waals surface area contributed by atoms with Crippen LogP contribution in [0, 0.1) is 22.9 Å². The zero-order chi connectivity index (χ0) is 20.3. The Morgan fingerprint density at radius 3 is 2.32 bits per heavy atom. The van der Waals surface area contributed by atoms with Crippen LogP contribution in [0.15, 0.2) is 54.6 Å². The topological polar surface area (TPSA) is 34.8 Å². The van der Waals surface area contributed by atoms with Gasteiger partial charge in [-0.2, -0.15) is 5.10 Å². The van der Waals surface area contributed by atoms with Gasteiger partial charge in [0.1, 0.15) is 11.6 Å². The molecule has 0 aliphatic heterocycles. The number of rotatable bonds is 6. The Hall–Kier alpha value is -2.31. The van der Waals surface area contributed by atoms with Crippen LogP contribution >= 0.6 is 12.2 Å². The summed E-state index contributed by atoms with van der Waals surface area (Å²) in [4.78, 5) is 0. The number of aryl methyl sites for hydroxylation is 1. The Bertz CT molecular complexity index is 969. The van der Waals surface area contributed by atoms with Crippen molar-refractivity contribution in [3.8, 4) is 0 Å². The van der Waals surface area contributed by atoms with Crippen LogP contribution in [0.5, 0.6) is 0 Å². The summed E-state index contributed by atoms with van der Waals surface area (Å²) in [5.74, 6) is 0.652. The molecule has 0 aliphatic carbocycles. The predicted octanol–water partition coefficient (Wildman–Crippen LogP) is 5.24. The van der Waals surface area contributed by atoms with Gasteiger partial charge in [0.2, 0.25) is 0 Å². The Morgan fingerprint density at radius 1 is 1.07 bits per heavy atom. The molecule has 2 aromatic carbocycles. The molecule has 1 atom stereocenters. The minimum absolute atomic E-state index is 0.0366. The Balaban J connectivity index is 1.80. The SMILES string of the molecule is Cc1nn(CNC(c2ccc(F)cc2)C(C)(C)C)c(=S)n1Cc1ccccc1. The number of halogens is 1. The van der Waals surface area contributed by atoms with Crippen LogP contribution in [0.3, 0.4) is 0 Å². The lowest BCUT2D eigenvalue weighted by Gasteiger charge is -2.32. The van der Waals surface area contributed by atoms with E-state index in [2.05, 4.69) is 43.3 Å². The van der Waals surface area contributed by atoms with E-state index in [-0.39, 0.29) is 17.3 Å². The maximum atomic E-state index is 13.3. The molecular formula is C22H27FN4S. The summed E-state index contributed by atoms with van der Waals surface area (Å²) in [6, 6.07) is 16.9. The number of aromatic nitrogens is 3. The first-order chi connectivity index (χ1) is 13.3. The summed E-state index contributed by atoms with van der Waals surface area (Å²) in [7, 11) is 0. The maximum Gasteiger partial charge on any atom is 0.199 e. The fourth-order valence-electron chi connectivity index (χ4n) is 3.36. The molecule has 4 nitrogen and oxygen atoms in total. The predicted molar refractivity (Wildman–Crippen MR) is 113 cm³/mol. The average molecular weight is 399 g/mol. The van der Waals surface area contributed by atoms with Crippen molar-refractivity contribution in [3.63, 3.8) is 0 Å². The summed E-state index contributed by atoms with van der Waals surface area (Å²) in [5, 5.41) is 8.18. The highest BCUT2D eigenvalue weighted by molar-refractivity contribution is 7.71. The molecule has 1 N–H and O–H groups in total. The van der Waals surface area contributed by atoms with E-state index in [1.807, 2.05) is 46.5 Å². The van der Waals surface area contributed by atoms with Gasteiger partial charge in [0.25, 0.3) is 0 Å². The lowest BCUT2D eigenvalue weighted by molar-refractivity contribution is 0.251. The number of nitrogens with one attached hydrogen (secondary N) is 1. The first kappa shape index (κ1) is 20.4. The lowest BCUT2D eigenvalue weighted by atomic mass is 9.82. The van der Waals surface area contributed by atoms with E-state index < -0.39 is 0 Å². The van der Waals surface area contributed by atoms with Crippen LogP contribution in [0.1, 0.15) is 43.8 Å². The summed E-state index contributed by atoms with van der Waals surface area (Å²) >= 11 is 5.67. The fourth-order valence-corrected chi connectivity index (χ4v) is 3.66. The fraction of sp³-hybridized carbons (Fsp3) is 0.364. The first-order valence-electron chi connectivity index (χ1n) is 9.43. The third kappa shape index (κ3) is 4.75. The van der Waals surface area contributed by atoms with E-state index in [1.54, 1.807) is 0 Å². The van der Waals surface area contributed by atoms with Crippen molar-refractivity contribution in [1.82, 2.24) is 19.7 Å². The molecule has 28 heavy (non-hydrogen) atoms. The van der Waals surface area contributed by atoms with E-state index in [4.69, 9.17) is 12.2 Å². The molecule has 0 bridgehead atoms. The highest BCUT2D eigenvalue weighted by atomic mass is 32.1. The van der Waals surface area contributed by atoms with Crippen molar-refractivity contribution < 1.29 is 4.39 Å². The second-order valence-electron chi connectivity index (χ2n) is 8.11. The molecule has 1 unspecified atom stereocenters. The van der Waals surface area contributed by atoms with Gasteiger partial charge in [-0.05, 0) is 47.8 Å². The second kappa shape index (κ2) is 8.37. The van der Waals surface area contributed by atoms with E-state index in [0.717, 1.165) is 11.4 Å². The molecule has 0 saturated heterocycles. The Labute approximate surface area is 171 Å². The lowest BCUT2D eigenvalue weighted by Crippen LogP contribution is -2.34. The molecule has 3 aromatic rings. The molecule has 0 fully saturated rings. The van der Waals surface area contributed by atoms with Gasteiger partial charge in [0.15, 0.2) is 4.77 Å². The molecule has 6 heteroatoms. The second-order valence-corrected chi connectivity index (χ2v) is 8.48. The largest absolute Gasteiger partial charge is 0.300 e. The smallest absolute Gasteiger partial charge is 0.199 e. The van der Waals surface area contributed by atoms with Crippen LogP contribution in [-0.4, -0.2) is 14.3 Å². The summed E-state index contributed by atoms with van der Waals surface area (Å²) in [5.41, 5.74) is 2.18. The molecule has 0 aliphatic rings. The molecule has 1 heterocycles. The van der Waals surface area contributed by atoms with Gasteiger partial charge in [-0.25, -0.2) is 9.07 Å². The van der Waals surface area contributed by atoms with Gasteiger partial charge in [-0.15, -0.1) is 0 Å². The van der Waals surface area contributed by atoms with E-state index in [1.165, 1.54) is 17.7 Å². The quantitative estimate of drug-likeness (QED) is 0.576. The number of hydrogen-bond donors (Lipinski definition) is 1. The zero-order valence-electron chi connectivity index (χ0n) is 16.8. The highest BCUT2D eigenvalue weighted by Crippen LogP contribution is 2.32. The third-order valence-electron chi connectivity index (χ3n) is 4.81. The zero-order valence-corrected chi connectivity index (χ0v) is 17.6. The van der Waals surface area contributed by atoms with Crippen LogP contribution < -0.4 is 5.32 Å². The van der Waals surface area contributed by atoms with Crippen molar-refractivity contribution in [2.45, 2.75) is 47.0 Å². The summed E-state index contributed by atoms with van der Waals surface area (Å²) < 4.78 is 17.9. The number of nitrogens with zero attached hydrogens (tertiary/aromatic N) is 3. The first-order valence-corrected chi connectivity index (χ1v) is 9.83. The minimum atomic E-state index is -0.228. The van der Waals surface area contributed by atoms with Gasteiger partial charge in [-0.1, -0.05) is 63.2 Å². The summed E-state index contributed by atoms with van der Waals surface area (Å²) in [6.07, 6.45) is 0. The van der Waals surface area contributed by atoms with E-state index in [9.17, 15) is 4.39 Å². The van der Waals surface area contributed by atoms with Crippen LogP contribution in [0.4, 0.5) is 4.39 Å². The average Bonchev–Trinajstić information content (AvgIpc) is 2.91. The van der Waals surface area contributed by atoms with Gasteiger partial charge in [0, 0.05) is 6.04 Å². The molecule has 0 spiro atoms. The molecule has 148 valence electrons. The highest BCUT2D eigenvalue weighted by Gasteiger charge is 2.26. The van der Waals surface area contributed by atoms with Crippen LogP contribution in [-0.2, 0) is 13.2 Å². The molecule has 1 aromatic heterocycles. The van der Waals surface area contributed by atoms with Crippen molar-refractivity contribution in [2.75, 3.05) is 0 Å². The van der Waals surface area contributed by atoms with Crippen molar-refractivity contribution in [1.29, 1.82) is 0 Å². The van der Waals surface area contributed by atoms with Gasteiger partial charge in [-0.3, -0.25) is 9.88 Å². The monoisotopic (exact) mass is 398 g/mol. The van der Waals surface area contributed by atoms with Gasteiger partial charge >= 0.3 is 0 Å². The Morgan fingerprint density at radius 2 is 1.71 bits per heavy atom. The van der Waals surface area contributed by atoms with E-state index >= 15 is 0 Å². The van der Waals surface area contributed by atoms with Crippen LogP contribution in [0.2, 0.25) is 0 Å². The molecule has 0 saturated carbocycles. The number of hydrogen-bond acceptors (Lipinski definition) is 3. The van der Waals surface area contributed by atoms with E-state index in [0.29, 0.717) is 18.0 Å². The number of benzene rings is 2.